The molecule has 0 radical (unpaired) electrons. The maximum atomic E-state index is 13.4. The Bertz CT molecular complexity index is 617. The normalized spacial score (nSPS) is 22.8. The number of rotatable bonds is 7. The molecular weight excluding hydrogens is 315 g/mol. The number of aromatic nitrogens is 1. The van der Waals surface area contributed by atoms with E-state index in [4.69, 9.17) is 5.11 Å². The second kappa shape index (κ2) is 7.12. The zero-order valence-electron chi connectivity index (χ0n) is 13.2. The molecule has 0 atom stereocenters. The highest BCUT2D eigenvalue weighted by Gasteiger charge is 2.37. The van der Waals surface area contributed by atoms with Crippen LogP contribution in [0.4, 0.5) is 14.9 Å². The van der Waals surface area contributed by atoms with Crippen molar-refractivity contribution in [2.24, 2.45) is 5.92 Å². The molecule has 0 saturated heterocycles. The lowest BCUT2D eigenvalue weighted by atomic mass is 9.85. The van der Waals surface area contributed by atoms with Crippen molar-refractivity contribution in [1.82, 2.24) is 15.2 Å². The Balaban J connectivity index is 1.44. The molecule has 1 aromatic rings. The Morgan fingerprint density at radius 1 is 1.38 bits per heavy atom. The monoisotopic (exact) mass is 336 g/mol. The minimum absolute atomic E-state index is 0.0182. The number of pyridine rings is 1. The van der Waals surface area contributed by atoms with Crippen molar-refractivity contribution in [3.63, 3.8) is 0 Å². The Hall–Kier alpha value is -2.22. The first-order valence-electron chi connectivity index (χ1n) is 8.14. The number of amides is 2. The van der Waals surface area contributed by atoms with E-state index in [1.807, 2.05) is 4.90 Å². The number of urea groups is 1. The second-order valence-electron chi connectivity index (χ2n) is 6.54. The highest BCUT2D eigenvalue weighted by Crippen LogP contribution is 2.33. The molecule has 24 heavy (non-hydrogen) atoms. The third-order valence-electron chi connectivity index (χ3n) is 4.51. The lowest BCUT2D eigenvalue weighted by Crippen LogP contribution is -2.55. The van der Waals surface area contributed by atoms with Gasteiger partial charge in [-0.2, -0.15) is 0 Å². The van der Waals surface area contributed by atoms with Gasteiger partial charge in [-0.1, -0.05) is 0 Å². The SMILES string of the molecule is O=C(O)CN(CC1CC1)C1CC(NC(=O)Nc2ccncc2F)C1. The first kappa shape index (κ1) is 16.6. The van der Waals surface area contributed by atoms with Gasteiger partial charge in [0.1, 0.15) is 0 Å². The highest BCUT2D eigenvalue weighted by molar-refractivity contribution is 5.89. The second-order valence-corrected chi connectivity index (χ2v) is 6.54. The maximum Gasteiger partial charge on any atom is 0.319 e. The van der Waals surface area contributed by atoms with Crippen molar-refractivity contribution in [3.05, 3.63) is 24.3 Å². The lowest BCUT2D eigenvalue weighted by molar-refractivity contribution is -0.139. The number of carboxylic acid groups (broad SMARTS) is 1. The maximum absolute atomic E-state index is 13.4. The van der Waals surface area contributed by atoms with E-state index in [1.54, 1.807) is 0 Å². The van der Waals surface area contributed by atoms with Crippen LogP contribution in [0, 0.1) is 11.7 Å². The van der Waals surface area contributed by atoms with Crippen molar-refractivity contribution in [2.75, 3.05) is 18.4 Å². The van der Waals surface area contributed by atoms with E-state index in [0.717, 1.165) is 12.7 Å². The minimum atomic E-state index is -0.821. The average molecular weight is 336 g/mol. The molecule has 8 heteroatoms. The number of carbonyl (C=O) groups is 2. The van der Waals surface area contributed by atoms with Gasteiger partial charge in [0, 0.05) is 24.8 Å². The highest BCUT2D eigenvalue weighted by atomic mass is 19.1. The van der Waals surface area contributed by atoms with E-state index in [0.29, 0.717) is 18.8 Å². The van der Waals surface area contributed by atoms with Crippen molar-refractivity contribution in [2.45, 2.75) is 37.8 Å². The summed E-state index contributed by atoms with van der Waals surface area (Å²) in [7, 11) is 0. The first-order valence-corrected chi connectivity index (χ1v) is 8.14. The fraction of sp³-hybridized carbons (Fsp3) is 0.562. The van der Waals surface area contributed by atoms with Gasteiger partial charge in [0.2, 0.25) is 0 Å². The van der Waals surface area contributed by atoms with Crippen LogP contribution < -0.4 is 10.6 Å². The van der Waals surface area contributed by atoms with E-state index >= 15 is 0 Å². The topological polar surface area (TPSA) is 94.6 Å². The molecule has 3 rings (SSSR count). The van der Waals surface area contributed by atoms with Gasteiger partial charge < -0.3 is 15.7 Å². The van der Waals surface area contributed by atoms with Crippen LogP contribution in [0.1, 0.15) is 25.7 Å². The number of hydrogen-bond donors (Lipinski definition) is 3. The summed E-state index contributed by atoms with van der Waals surface area (Å²) in [6, 6.07) is 1.10. The van der Waals surface area contributed by atoms with E-state index in [9.17, 15) is 14.0 Å². The third kappa shape index (κ3) is 4.41. The predicted octanol–water partition coefficient (Wildman–Crippen LogP) is 1.67. The van der Waals surface area contributed by atoms with Crippen molar-refractivity contribution < 1.29 is 19.1 Å². The first-order chi connectivity index (χ1) is 11.5. The molecule has 2 saturated carbocycles. The zero-order valence-corrected chi connectivity index (χ0v) is 13.2. The molecule has 0 spiro atoms. The fourth-order valence-corrected chi connectivity index (χ4v) is 2.97. The molecule has 2 amide bonds. The summed E-state index contributed by atoms with van der Waals surface area (Å²) >= 11 is 0. The lowest BCUT2D eigenvalue weighted by Gasteiger charge is -2.42. The number of halogens is 1. The summed E-state index contributed by atoms with van der Waals surface area (Å²) in [5, 5.41) is 14.3. The van der Waals surface area contributed by atoms with Crippen LogP contribution >= 0.6 is 0 Å². The molecule has 0 bridgehead atoms. The molecule has 3 N–H and O–H groups in total. The summed E-state index contributed by atoms with van der Waals surface area (Å²) in [5.74, 6) is -0.788. The largest absolute Gasteiger partial charge is 0.480 e. The molecular formula is C16H21FN4O3. The number of hydrogen-bond acceptors (Lipinski definition) is 4. The number of aliphatic carboxylic acids is 1. The molecule has 130 valence electrons. The van der Waals surface area contributed by atoms with E-state index < -0.39 is 17.8 Å². The molecule has 2 aliphatic rings. The van der Waals surface area contributed by atoms with Crippen molar-refractivity contribution >= 4 is 17.7 Å². The van der Waals surface area contributed by atoms with Crippen molar-refractivity contribution in [3.8, 4) is 0 Å². The fourth-order valence-electron chi connectivity index (χ4n) is 2.97. The summed E-state index contributed by atoms with van der Waals surface area (Å²) in [6.07, 6.45) is 6.21. The molecule has 1 heterocycles. The van der Waals surface area contributed by atoms with Gasteiger partial charge in [-0.05, 0) is 37.7 Å². The van der Waals surface area contributed by atoms with Crippen LogP contribution in [-0.4, -0.2) is 52.2 Å². The van der Waals surface area contributed by atoms with Gasteiger partial charge in [0.05, 0.1) is 18.4 Å². The van der Waals surface area contributed by atoms with Crippen LogP contribution in [0.15, 0.2) is 18.5 Å². The van der Waals surface area contributed by atoms with Crippen LogP contribution in [0.25, 0.3) is 0 Å². The molecule has 0 aliphatic heterocycles. The smallest absolute Gasteiger partial charge is 0.319 e. The summed E-state index contributed by atoms with van der Waals surface area (Å²) in [4.78, 5) is 28.5. The van der Waals surface area contributed by atoms with Gasteiger partial charge in [-0.25, -0.2) is 9.18 Å². The Kier molecular flexibility index (Phi) is 4.94. The average Bonchev–Trinajstić information content (AvgIpc) is 3.28. The third-order valence-corrected chi connectivity index (χ3v) is 4.51. The molecule has 2 aliphatic carbocycles. The van der Waals surface area contributed by atoms with Crippen LogP contribution in [0.2, 0.25) is 0 Å². The number of carbonyl (C=O) groups excluding carboxylic acids is 1. The number of nitrogens with zero attached hydrogens (tertiary/aromatic N) is 2. The Labute approximate surface area is 139 Å². The standard InChI is InChI=1S/C16H21FN4O3/c17-13-7-18-4-3-14(13)20-16(24)19-11-5-12(6-11)21(9-15(22)23)8-10-1-2-10/h3-4,7,10-12H,1-2,5-6,8-9H2,(H,22,23)(H2,18,19,20,24). The van der Waals surface area contributed by atoms with Crippen molar-refractivity contribution in [1.29, 1.82) is 0 Å². The van der Waals surface area contributed by atoms with Gasteiger partial charge in [-0.15, -0.1) is 0 Å². The van der Waals surface area contributed by atoms with E-state index in [2.05, 4.69) is 15.6 Å². The van der Waals surface area contributed by atoms with Crippen LogP contribution in [-0.2, 0) is 4.79 Å². The zero-order chi connectivity index (χ0) is 17.1. The minimum Gasteiger partial charge on any atom is -0.480 e. The Morgan fingerprint density at radius 2 is 2.12 bits per heavy atom. The van der Waals surface area contributed by atoms with E-state index in [1.165, 1.54) is 25.1 Å². The molecule has 0 unspecified atom stereocenters. The van der Waals surface area contributed by atoms with Gasteiger partial charge in [-0.3, -0.25) is 14.7 Å². The molecule has 2 fully saturated rings. The Morgan fingerprint density at radius 3 is 2.75 bits per heavy atom. The van der Waals surface area contributed by atoms with Crippen LogP contribution in [0.5, 0.6) is 0 Å². The number of anilines is 1. The molecule has 7 nitrogen and oxygen atoms in total. The van der Waals surface area contributed by atoms with E-state index in [-0.39, 0.29) is 24.3 Å². The number of nitrogens with one attached hydrogen (secondary N) is 2. The molecule has 1 aromatic heterocycles. The number of carboxylic acids is 1. The summed E-state index contributed by atoms with van der Waals surface area (Å²) < 4.78 is 13.4. The predicted molar refractivity (Wildman–Crippen MR) is 85.1 cm³/mol. The van der Waals surface area contributed by atoms with Gasteiger partial charge in [0.25, 0.3) is 0 Å². The van der Waals surface area contributed by atoms with Crippen LogP contribution in [0.3, 0.4) is 0 Å². The molecule has 0 aromatic carbocycles. The van der Waals surface area contributed by atoms with Gasteiger partial charge >= 0.3 is 12.0 Å². The summed E-state index contributed by atoms with van der Waals surface area (Å²) in [5.41, 5.74) is 0.0830. The quantitative estimate of drug-likeness (QED) is 0.704. The van der Waals surface area contributed by atoms with Gasteiger partial charge in [0.15, 0.2) is 5.82 Å². The summed E-state index contributed by atoms with van der Waals surface area (Å²) in [6.45, 7) is 0.862.